The van der Waals surface area contributed by atoms with E-state index < -0.39 is 5.97 Å². The fourth-order valence-electron chi connectivity index (χ4n) is 1.28. The lowest BCUT2D eigenvalue weighted by Crippen LogP contribution is -2.25. The predicted octanol–water partition coefficient (Wildman–Crippen LogP) is 1.57. The molecule has 1 N–H and O–H groups in total. The van der Waals surface area contributed by atoms with Crippen LogP contribution in [-0.2, 0) is 11.3 Å². The summed E-state index contributed by atoms with van der Waals surface area (Å²) in [5.74, 6) is 2.34. The molecule has 4 nitrogen and oxygen atoms in total. The van der Waals surface area contributed by atoms with E-state index in [1.807, 2.05) is 6.92 Å². The number of rotatable bonds is 5. The molecule has 0 bridgehead atoms. The minimum atomic E-state index is -0.466. The van der Waals surface area contributed by atoms with Crippen LogP contribution in [0.3, 0.4) is 0 Å². The van der Waals surface area contributed by atoms with E-state index in [9.17, 15) is 4.79 Å². The van der Waals surface area contributed by atoms with Crippen molar-refractivity contribution >= 4 is 5.97 Å². The Morgan fingerprint density at radius 2 is 2.50 bits per heavy atom. The molecular weight excluding hydrogens is 206 g/mol. The van der Waals surface area contributed by atoms with Gasteiger partial charge in [0.2, 0.25) is 5.76 Å². The van der Waals surface area contributed by atoms with Gasteiger partial charge in [0.1, 0.15) is 0 Å². The van der Waals surface area contributed by atoms with Crippen molar-refractivity contribution in [2.45, 2.75) is 25.9 Å². The minimum absolute atomic E-state index is 0.199. The molecule has 0 aliphatic rings. The lowest BCUT2D eigenvalue weighted by atomic mass is 10.2. The Morgan fingerprint density at radius 1 is 1.75 bits per heavy atom. The molecule has 0 spiro atoms. The summed E-state index contributed by atoms with van der Waals surface area (Å²) >= 11 is 0. The second-order valence-electron chi connectivity index (χ2n) is 3.46. The first kappa shape index (κ1) is 12.3. The SMILES string of the molecule is C#CCC(C)NCc1ccoc1C(=O)OC. The summed E-state index contributed by atoms with van der Waals surface area (Å²) in [6, 6.07) is 1.94. The molecule has 0 saturated carbocycles. The Morgan fingerprint density at radius 3 is 3.12 bits per heavy atom. The molecule has 1 rings (SSSR count). The highest BCUT2D eigenvalue weighted by atomic mass is 16.5. The Hall–Kier alpha value is -1.73. The average Bonchev–Trinajstić information content (AvgIpc) is 2.74. The number of nitrogens with one attached hydrogen (secondary N) is 1. The summed E-state index contributed by atoms with van der Waals surface area (Å²) in [6.45, 7) is 2.52. The van der Waals surface area contributed by atoms with E-state index in [1.54, 1.807) is 6.07 Å². The van der Waals surface area contributed by atoms with Crippen LogP contribution < -0.4 is 5.32 Å². The number of hydrogen-bond acceptors (Lipinski definition) is 4. The zero-order valence-electron chi connectivity index (χ0n) is 9.45. The van der Waals surface area contributed by atoms with Gasteiger partial charge in [0.25, 0.3) is 0 Å². The summed E-state index contributed by atoms with van der Waals surface area (Å²) in [4.78, 5) is 11.3. The quantitative estimate of drug-likeness (QED) is 0.605. The van der Waals surface area contributed by atoms with Crippen molar-refractivity contribution < 1.29 is 13.9 Å². The number of esters is 1. The predicted molar refractivity (Wildman–Crippen MR) is 59.8 cm³/mol. The van der Waals surface area contributed by atoms with Gasteiger partial charge < -0.3 is 14.5 Å². The third-order valence-electron chi connectivity index (χ3n) is 2.18. The Balaban J connectivity index is 2.58. The van der Waals surface area contributed by atoms with Gasteiger partial charge in [-0.1, -0.05) is 0 Å². The topological polar surface area (TPSA) is 51.5 Å². The van der Waals surface area contributed by atoms with Gasteiger partial charge in [0.05, 0.1) is 13.4 Å². The van der Waals surface area contributed by atoms with Crippen LogP contribution in [0.25, 0.3) is 0 Å². The van der Waals surface area contributed by atoms with Gasteiger partial charge in [-0.05, 0) is 13.0 Å². The molecule has 1 unspecified atom stereocenters. The summed E-state index contributed by atoms with van der Waals surface area (Å²) in [6.07, 6.45) is 7.31. The monoisotopic (exact) mass is 221 g/mol. The maximum Gasteiger partial charge on any atom is 0.374 e. The van der Waals surface area contributed by atoms with E-state index in [2.05, 4.69) is 16.0 Å². The molecule has 0 radical (unpaired) electrons. The van der Waals surface area contributed by atoms with Gasteiger partial charge in [0, 0.05) is 24.6 Å². The molecule has 0 aliphatic heterocycles. The smallest absolute Gasteiger partial charge is 0.374 e. The van der Waals surface area contributed by atoms with Gasteiger partial charge in [-0.15, -0.1) is 12.3 Å². The van der Waals surface area contributed by atoms with Crippen LogP contribution in [0.1, 0.15) is 29.5 Å². The highest BCUT2D eigenvalue weighted by Gasteiger charge is 2.15. The van der Waals surface area contributed by atoms with Gasteiger partial charge in [-0.3, -0.25) is 0 Å². The summed E-state index contributed by atoms with van der Waals surface area (Å²) in [5, 5.41) is 3.20. The van der Waals surface area contributed by atoms with Crippen LogP contribution in [0.15, 0.2) is 16.7 Å². The zero-order valence-corrected chi connectivity index (χ0v) is 9.45. The van der Waals surface area contributed by atoms with Crippen molar-refractivity contribution in [2.75, 3.05) is 7.11 Å². The van der Waals surface area contributed by atoms with Crippen LogP contribution >= 0.6 is 0 Å². The fourth-order valence-corrected chi connectivity index (χ4v) is 1.28. The van der Waals surface area contributed by atoms with Gasteiger partial charge >= 0.3 is 5.97 Å². The summed E-state index contributed by atoms with van der Waals surface area (Å²) in [7, 11) is 1.32. The minimum Gasteiger partial charge on any atom is -0.463 e. The number of methoxy groups -OCH3 is 1. The number of ether oxygens (including phenoxy) is 1. The van der Waals surface area contributed by atoms with E-state index >= 15 is 0 Å². The van der Waals surface area contributed by atoms with Crippen molar-refractivity contribution in [2.24, 2.45) is 0 Å². The first-order valence-corrected chi connectivity index (χ1v) is 5.00. The molecule has 1 aromatic heterocycles. The van der Waals surface area contributed by atoms with Crippen molar-refractivity contribution in [3.05, 3.63) is 23.7 Å². The molecule has 16 heavy (non-hydrogen) atoms. The number of terminal acetylenes is 1. The molecule has 4 heteroatoms. The lowest BCUT2D eigenvalue weighted by molar-refractivity contribution is 0.0563. The number of carbonyl (C=O) groups is 1. The Labute approximate surface area is 95.0 Å². The van der Waals surface area contributed by atoms with E-state index in [1.165, 1.54) is 13.4 Å². The van der Waals surface area contributed by atoms with Crippen LogP contribution in [0.5, 0.6) is 0 Å². The largest absolute Gasteiger partial charge is 0.463 e. The van der Waals surface area contributed by atoms with Crippen LogP contribution in [0.4, 0.5) is 0 Å². The fraction of sp³-hybridized carbons (Fsp3) is 0.417. The molecule has 0 fully saturated rings. The van der Waals surface area contributed by atoms with Crippen LogP contribution in [0.2, 0.25) is 0 Å². The number of carbonyl (C=O) groups excluding carboxylic acids is 1. The molecule has 86 valence electrons. The van der Waals surface area contributed by atoms with E-state index in [4.69, 9.17) is 10.8 Å². The number of furan rings is 1. The molecule has 0 aromatic carbocycles. The van der Waals surface area contributed by atoms with E-state index in [0.717, 1.165) is 5.56 Å². The molecule has 0 amide bonds. The Kier molecular flexibility index (Phi) is 4.62. The molecule has 0 aliphatic carbocycles. The maximum absolute atomic E-state index is 11.3. The lowest BCUT2D eigenvalue weighted by Gasteiger charge is -2.09. The highest BCUT2D eigenvalue weighted by Crippen LogP contribution is 2.11. The van der Waals surface area contributed by atoms with Gasteiger partial charge in [-0.2, -0.15) is 0 Å². The summed E-state index contributed by atoms with van der Waals surface area (Å²) in [5.41, 5.74) is 0.774. The standard InChI is InChI=1S/C12H15NO3/c1-4-5-9(2)13-8-10-6-7-16-11(10)12(14)15-3/h1,6-7,9,13H,5,8H2,2-3H3. The van der Waals surface area contributed by atoms with Crippen LogP contribution in [0, 0.1) is 12.3 Å². The second-order valence-corrected chi connectivity index (χ2v) is 3.46. The van der Waals surface area contributed by atoms with E-state index in [-0.39, 0.29) is 11.8 Å². The van der Waals surface area contributed by atoms with Gasteiger partial charge in [-0.25, -0.2) is 4.79 Å². The van der Waals surface area contributed by atoms with Crippen molar-refractivity contribution in [1.82, 2.24) is 5.32 Å². The molecule has 1 aromatic rings. The molecule has 1 heterocycles. The first-order chi connectivity index (χ1) is 7.69. The third kappa shape index (κ3) is 3.14. The summed E-state index contributed by atoms with van der Waals surface area (Å²) < 4.78 is 9.65. The Bertz CT molecular complexity index is 389. The number of hydrogen-bond donors (Lipinski definition) is 1. The molecule has 1 atom stereocenters. The van der Waals surface area contributed by atoms with Crippen LogP contribution in [-0.4, -0.2) is 19.1 Å². The zero-order chi connectivity index (χ0) is 12.0. The van der Waals surface area contributed by atoms with Crippen molar-refractivity contribution in [3.8, 4) is 12.3 Å². The maximum atomic E-state index is 11.3. The van der Waals surface area contributed by atoms with Crippen molar-refractivity contribution in [1.29, 1.82) is 0 Å². The third-order valence-corrected chi connectivity index (χ3v) is 2.18. The van der Waals surface area contributed by atoms with Gasteiger partial charge in [0.15, 0.2) is 0 Å². The first-order valence-electron chi connectivity index (χ1n) is 5.00. The normalized spacial score (nSPS) is 11.8. The molecular formula is C12H15NO3. The van der Waals surface area contributed by atoms with Crippen molar-refractivity contribution in [3.63, 3.8) is 0 Å². The molecule has 0 saturated heterocycles. The second kappa shape index (κ2) is 5.99. The highest BCUT2D eigenvalue weighted by molar-refractivity contribution is 5.87. The van der Waals surface area contributed by atoms with E-state index in [0.29, 0.717) is 13.0 Å². The average molecular weight is 221 g/mol.